The van der Waals surface area contributed by atoms with Gasteiger partial charge in [-0.3, -0.25) is 34.2 Å². The zero-order valence-electron chi connectivity index (χ0n) is 29.3. The fraction of sp³-hybridized carbons (Fsp3) is 0.432. The molecular weight excluding hydrogens is 694 g/mol. The number of carbonyl (C=O) groups is 7. The number of alkyl halides is 1. The summed E-state index contributed by atoms with van der Waals surface area (Å²) in [6, 6.07) is 12.8. The molecule has 0 radical (unpaired) electrons. The number of nitrogens with zero attached hydrogens (tertiary/aromatic N) is 1. The van der Waals surface area contributed by atoms with Crippen LogP contribution in [0, 0.1) is 11.8 Å². The molecule has 1 aliphatic heterocycles. The molecule has 6 amide bonds. The van der Waals surface area contributed by atoms with Crippen LogP contribution in [0.1, 0.15) is 69.9 Å². The zero-order valence-corrected chi connectivity index (χ0v) is 30.1. The van der Waals surface area contributed by atoms with Gasteiger partial charge < -0.3 is 25.8 Å². The molecule has 280 valence electrons. The van der Waals surface area contributed by atoms with Gasteiger partial charge in [-0.05, 0) is 67.0 Å². The van der Waals surface area contributed by atoms with Crippen molar-refractivity contribution in [3.63, 3.8) is 0 Å². The number of imide groups is 1. The summed E-state index contributed by atoms with van der Waals surface area (Å²) in [5.74, 6) is -2.49. The van der Waals surface area contributed by atoms with Gasteiger partial charge in [0.05, 0.1) is 6.04 Å². The maximum Gasteiger partial charge on any atom is 0.411 e. The standard InChI is InChI=1S/C37H46ClN5O9/c1-24(2)34(42-31(45)8-4-3-5-20-43-32(46)17-18-33(43)47)30(44)21-27(7-6-19-39-36(49)50)35(48)40-28-15-11-26(12-16-28)23-52-37(51)41-29-13-9-25(22-38)10-14-29/h9-18,24,27,34,39H,3-8,19-23H2,1-2H3,(H,40,48)(H,41,51)(H,42,45)(H,49,50)/t27-,34+/m1/s1. The molecule has 0 fully saturated rings. The van der Waals surface area contributed by atoms with Gasteiger partial charge in [0.15, 0.2) is 5.78 Å². The number of benzene rings is 2. The fourth-order valence-electron chi connectivity index (χ4n) is 5.40. The lowest BCUT2D eigenvalue weighted by atomic mass is 9.89. The highest BCUT2D eigenvalue weighted by Crippen LogP contribution is 2.20. The average molecular weight is 740 g/mol. The Labute approximate surface area is 307 Å². The van der Waals surface area contributed by atoms with E-state index in [0.717, 1.165) is 10.5 Å². The van der Waals surface area contributed by atoms with Gasteiger partial charge in [0.25, 0.3) is 11.8 Å². The van der Waals surface area contributed by atoms with E-state index in [0.29, 0.717) is 48.5 Å². The average Bonchev–Trinajstić information content (AvgIpc) is 3.43. The maximum atomic E-state index is 13.5. The van der Waals surface area contributed by atoms with Crippen molar-refractivity contribution in [1.82, 2.24) is 15.5 Å². The van der Waals surface area contributed by atoms with Crippen molar-refractivity contribution in [1.29, 1.82) is 0 Å². The number of carbonyl (C=O) groups excluding carboxylic acids is 6. The Balaban J connectivity index is 1.51. The number of ketones is 1. The molecule has 15 heteroatoms. The fourth-order valence-corrected chi connectivity index (χ4v) is 5.57. The van der Waals surface area contributed by atoms with Crippen LogP contribution in [-0.4, -0.2) is 70.7 Å². The van der Waals surface area contributed by atoms with Crippen LogP contribution < -0.4 is 21.3 Å². The lowest BCUT2D eigenvalue weighted by Crippen LogP contribution is -2.45. The minimum absolute atomic E-state index is 0.0197. The third-order valence-electron chi connectivity index (χ3n) is 8.29. The molecular formula is C37H46ClN5O9. The molecule has 1 heterocycles. The molecule has 2 atom stereocenters. The molecule has 52 heavy (non-hydrogen) atoms. The smallest absolute Gasteiger partial charge is 0.411 e. The van der Waals surface area contributed by atoms with Gasteiger partial charge >= 0.3 is 12.2 Å². The Kier molecular flexibility index (Phi) is 16.8. The summed E-state index contributed by atoms with van der Waals surface area (Å²) in [7, 11) is 0. The quantitative estimate of drug-likeness (QED) is 0.0635. The molecule has 0 spiro atoms. The van der Waals surface area contributed by atoms with Crippen molar-refractivity contribution in [3.05, 3.63) is 71.8 Å². The van der Waals surface area contributed by atoms with Crippen LogP contribution in [-0.2, 0) is 41.2 Å². The number of anilines is 2. The van der Waals surface area contributed by atoms with E-state index in [-0.39, 0.29) is 68.4 Å². The van der Waals surface area contributed by atoms with Crippen molar-refractivity contribution in [3.8, 4) is 0 Å². The van der Waals surface area contributed by atoms with Gasteiger partial charge in [-0.1, -0.05) is 44.5 Å². The predicted octanol–water partition coefficient (Wildman–Crippen LogP) is 5.36. The molecule has 3 rings (SSSR count). The number of unbranched alkanes of at least 4 members (excludes halogenated alkanes) is 2. The molecule has 14 nitrogen and oxygen atoms in total. The first-order chi connectivity index (χ1) is 24.9. The van der Waals surface area contributed by atoms with Crippen LogP contribution >= 0.6 is 11.6 Å². The maximum absolute atomic E-state index is 13.5. The number of Topliss-reactive ketones (excluding diaryl/α,β-unsaturated/α-hetero) is 1. The lowest BCUT2D eigenvalue weighted by Gasteiger charge is -2.24. The lowest BCUT2D eigenvalue weighted by molar-refractivity contribution is -0.137. The number of hydrogen-bond acceptors (Lipinski definition) is 8. The molecule has 5 N–H and O–H groups in total. The summed E-state index contributed by atoms with van der Waals surface area (Å²) in [6.07, 6.45) is 2.75. The summed E-state index contributed by atoms with van der Waals surface area (Å²) < 4.78 is 5.29. The number of rotatable bonds is 21. The van der Waals surface area contributed by atoms with E-state index in [1.54, 1.807) is 62.4 Å². The highest BCUT2D eigenvalue weighted by atomic mass is 35.5. The summed E-state index contributed by atoms with van der Waals surface area (Å²) >= 11 is 5.79. The Bertz CT molecular complexity index is 1580. The number of hydrogen-bond donors (Lipinski definition) is 5. The highest BCUT2D eigenvalue weighted by Gasteiger charge is 2.29. The monoisotopic (exact) mass is 739 g/mol. The van der Waals surface area contributed by atoms with Crippen molar-refractivity contribution in [2.24, 2.45) is 11.8 Å². The summed E-state index contributed by atoms with van der Waals surface area (Å²) in [6.45, 7) is 3.93. The minimum atomic E-state index is -1.20. The molecule has 2 aromatic rings. The number of ether oxygens (including phenoxy) is 1. The molecule has 0 aromatic heterocycles. The molecule has 0 bridgehead atoms. The Morgan fingerprint density at radius 2 is 1.44 bits per heavy atom. The van der Waals surface area contributed by atoms with E-state index < -0.39 is 30.1 Å². The Hall–Kier alpha value is -5.24. The van der Waals surface area contributed by atoms with Gasteiger partial charge in [-0.2, -0.15) is 0 Å². The second-order valence-electron chi connectivity index (χ2n) is 12.7. The van der Waals surface area contributed by atoms with E-state index in [1.807, 2.05) is 0 Å². The second kappa shape index (κ2) is 21.2. The summed E-state index contributed by atoms with van der Waals surface area (Å²) in [4.78, 5) is 87.3. The molecule has 0 saturated carbocycles. The van der Waals surface area contributed by atoms with E-state index in [1.165, 1.54) is 12.2 Å². The topological polar surface area (TPSA) is 200 Å². The second-order valence-corrected chi connectivity index (χ2v) is 13.0. The van der Waals surface area contributed by atoms with Crippen LogP contribution in [0.2, 0.25) is 0 Å². The van der Waals surface area contributed by atoms with Crippen molar-refractivity contribution < 1.29 is 43.4 Å². The molecule has 0 aliphatic carbocycles. The van der Waals surface area contributed by atoms with Crippen molar-refractivity contribution in [2.75, 3.05) is 23.7 Å². The number of halogens is 1. The molecule has 0 unspecified atom stereocenters. The molecule has 2 aromatic carbocycles. The zero-order chi connectivity index (χ0) is 38.0. The number of amides is 6. The van der Waals surface area contributed by atoms with Crippen LogP contribution in [0.4, 0.5) is 21.0 Å². The predicted molar refractivity (Wildman–Crippen MR) is 194 cm³/mol. The van der Waals surface area contributed by atoms with E-state index in [2.05, 4.69) is 21.3 Å². The van der Waals surface area contributed by atoms with Gasteiger partial charge in [0.1, 0.15) is 6.61 Å². The first-order valence-corrected chi connectivity index (χ1v) is 17.7. The normalized spacial score (nSPS) is 13.4. The van der Waals surface area contributed by atoms with Crippen LogP contribution in [0.3, 0.4) is 0 Å². The van der Waals surface area contributed by atoms with Gasteiger partial charge in [-0.15, -0.1) is 11.6 Å². The van der Waals surface area contributed by atoms with Crippen LogP contribution in [0.5, 0.6) is 0 Å². The van der Waals surface area contributed by atoms with Crippen molar-refractivity contribution >= 4 is 64.6 Å². The van der Waals surface area contributed by atoms with Crippen LogP contribution in [0.15, 0.2) is 60.7 Å². The third-order valence-corrected chi connectivity index (χ3v) is 8.59. The Morgan fingerprint density at radius 3 is 2.04 bits per heavy atom. The van der Waals surface area contributed by atoms with Crippen LogP contribution in [0.25, 0.3) is 0 Å². The minimum Gasteiger partial charge on any atom is -0.465 e. The SMILES string of the molecule is CC(C)[C@H](NC(=O)CCCCCN1C(=O)C=CC1=O)C(=O)C[C@@H](CCCNC(=O)O)C(=O)Nc1ccc(COC(=O)Nc2ccc(CCl)cc2)cc1. The van der Waals surface area contributed by atoms with E-state index in [4.69, 9.17) is 21.4 Å². The first kappa shape index (κ1) is 41.2. The Morgan fingerprint density at radius 1 is 0.827 bits per heavy atom. The van der Waals surface area contributed by atoms with E-state index >= 15 is 0 Å². The van der Waals surface area contributed by atoms with Gasteiger partial charge in [0.2, 0.25) is 11.8 Å². The number of nitrogens with one attached hydrogen (secondary N) is 4. The summed E-state index contributed by atoms with van der Waals surface area (Å²) in [5, 5.41) is 19.4. The molecule has 1 aliphatic rings. The highest BCUT2D eigenvalue weighted by molar-refractivity contribution is 6.17. The number of carboxylic acid groups (broad SMARTS) is 1. The van der Waals surface area contributed by atoms with E-state index in [9.17, 15) is 33.6 Å². The van der Waals surface area contributed by atoms with Crippen molar-refractivity contribution in [2.45, 2.75) is 77.3 Å². The van der Waals surface area contributed by atoms with Gasteiger partial charge in [0, 0.05) is 61.3 Å². The molecule has 0 saturated heterocycles. The van der Waals surface area contributed by atoms with Gasteiger partial charge in [-0.25, -0.2) is 9.59 Å². The summed E-state index contributed by atoms with van der Waals surface area (Å²) in [5.41, 5.74) is 2.59. The third kappa shape index (κ3) is 14.2. The first-order valence-electron chi connectivity index (χ1n) is 17.2. The largest absolute Gasteiger partial charge is 0.465 e.